The van der Waals surface area contributed by atoms with Crippen molar-refractivity contribution in [1.29, 1.82) is 0 Å². The van der Waals surface area contributed by atoms with Gasteiger partial charge in [-0.3, -0.25) is 4.99 Å². The lowest BCUT2D eigenvalue weighted by molar-refractivity contribution is -0.142. The minimum atomic E-state index is -4.54. The number of alkyl halides is 3. The molecule has 0 saturated heterocycles. The highest BCUT2D eigenvalue weighted by atomic mass is 19.4. The summed E-state index contributed by atoms with van der Waals surface area (Å²) in [5.41, 5.74) is -1.70. The van der Waals surface area contributed by atoms with Crippen molar-refractivity contribution in [3.63, 3.8) is 0 Å². The fourth-order valence-corrected chi connectivity index (χ4v) is 3.60. The summed E-state index contributed by atoms with van der Waals surface area (Å²) in [5.74, 6) is 0.566. The third kappa shape index (κ3) is 1.99. The summed E-state index contributed by atoms with van der Waals surface area (Å²) in [7, 11) is 0. The molecule has 2 aromatic rings. The second-order valence-corrected chi connectivity index (χ2v) is 5.97. The molecule has 1 unspecified atom stereocenters. The molecule has 0 saturated carbocycles. The number of nitrogens with zero attached hydrogens (tertiary/aromatic N) is 2. The minimum Gasteiger partial charge on any atom is -0.363 e. The number of halogens is 3. The van der Waals surface area contributed by atoms with Crippen LogP contribution in [0.4, 0.5) is 13.2 Å². The molecule has 0 aliphatic carbocycles. The van der Waals surface area contributed by atoms with E-state index >= 15 is 0 Å². The maximum Gasteiger partial charge on any atom is 0.416 e. The van der Waals surface area contributed by atoms with Crippen molar-refractivity contribution in [2.45, 2.75) is 18.3 Å². The molecule has 1 atom stereocenters. The molecule has 24 heavy (non-hydrogen) atoms. The number of fused-ring (bicyclic) bond motifs is 3. The molecular formula is C18H15F3N2O. The Morgan fingerprint density at radius 2 is 1.67 bits per heavy atom. The topological polar surface area (TPSA) is 35.8 Å². The molecule has 3 nitrogen and oxygen atoms in total. The van der Waals surface area contributed by atoms with Gasteiger partial charge in [0.1, 0.15) is 5.84 Å². The van der Waals surface area contributed by atoms with E-state index in [2.05, 4.69) is 4.99 Å². The van der Waals surface area contributed by atoms with Crippen molar-refractivity contribution in [3.8, 4) is 0 Å². The van der Waals surface area contributed by atoms with Crippen molar-refractivity contribution in [2.75, 3.05) is 13.1 Å². The molecule has 2 heterocycles. The Morgan fingerprint density at radius 1 is 1.00 bits per heavy atom. The maximum absolute atomic E-state index is 13.5. The molecule has 0 amide bonds. The molecule has 124 valence electrons. The highest BCUT2D eigenvalue weighted by Crippen LogP contribution is 2.47. The summed E-state index contributed by atoms with van der Waals surface area (Å²) >= 11 is 0. The van der Waals surface area contributed by atoms with E-state index in [-0.39, 0.29) is 5.56 Å². The van der Waals surface area contributed by atoms with Gasteiger partial charge >= 0.3 is 6.18 Å². The summed E-state index contributed by atoms with van der Waals surface area (Å²) in [6.45, 7) is 1.06. The van der Waals surface area contributed by atoms with Crippen LogP contribution in [0.25, 0.3) is 0 Å². The summed E-state index contributed by atoms with van der Waals surface area (Å²) in [6.07, 6.45) is -3.86. The van der Waals surface area contributed by atoms with Gasteiger partial charge in [-0.2, -0.15) is 13.2 Å². The molecule has 2 aromatic carbocycles. The Morgan fingerprint density at radius 3 is 2.42 bits per heavy atom. The van der Waals surface area contributed by atoms with E-state index in [0.717, 1.165) is 6.07 Å². The van der Waals surface area contributed by atoms with Crippen LogP contribution in [0, 0.1) is 0 Å². The number of rotatable bonds is 1. The monoisotopic (exact) mass is 332 g/mol. The van der Waals surface area contributed by atoms with E-state index in [1.807, 2.05) is 0 Å². The number of aliphatic imine (C=N–C) groups is 1. The fraction of sp³-hybridized carbons (Fsp3) is 0.278. The SMILES string of the molecule is OC1(c2ccccc2C(F)(F)F)c2ccccc2C2=NCCCN21. The Labute approximate surface area is 137 Å². The van der Waals surface area contributed by atoms with Gasteiger partial charge in [0.25, 0.3) is 0 Å². The lowest BCUT2D eigenvalue weighted by Crippen LogP contribution is -2.48. The van der Waals surface area contributed by atoms with E-state index in [1.165, 1.54) is 18.2 Å². The smallest absolute Gasteiger partial charge is 0.363 e. The summed E-state index contributed by atoms with van der Waals surface area (Å²) < 4.78 is 40.5. The van der Waals surface area contributed by atoms with Gasteiger partial charge in [-0.1, -0.05) is 42.5 Å². The zero-order valence-electron chi connectivity index (χ0n) is 12.7. The molecule has 2 aliphatic heterocycles. The predicted octanol–water partition coefficient (Wildman–Crippen LogP) is 3.36. The van der Waals surface area contributed by atoms with Crippen LogP contribution in [0.1, 0.15) is 28.7 Å². The molecule has 4 rings (SSSR count). The molecule has 0 radical (unpaired) electrons. The van der Waals surface area contributed by atoms with Gasteiger partial charge in [-0.15, -0.1) is 0 Å². The van der Waals surface area contributed by atoms with Gasteiger partial charge in [0.2, 0.25) is 0 Å². The van der Waals surface area contributed by atoms with Crippen molar-refractivity contribution >= 4 is 5.84 Å². The number of hydrogen-bond donors (Lipinski definition) is 1. The Balaban J connectivity index is 2.01. The summed E-state index contributed by atoms with van der Waals surface area (Å²) in [4.78, 5) is 6.04. The summed E-state index contributed by atoms with van der Waals surface area (Å²) in [5, 5.41) is 11.5. The van der Waals surface area contributed by atoms with Gasteiger partial charge < -0.3 is 10.0 Å². The number of aliphatic hydroxyl groups is 1. The number of amidine groups is 1. The zero-order valence-corrected chi connectivity index (χ0v) is 12.7. The Kier molecular flexibility index (Phi) is 3.22. The van der Waals surface area contributed by atoms with E-state index in [9.17, 15) is 18.3 Å². The first-order valence-corrected chi connectivity index (χ1v) is 7.75. The standard InChI is InChI=1S/C18H15F3N2O/c19-18(20,21)15-9-4-3-8-14(15)17(24)13-7-2-1-6-12(13)16-22-10-5-11-23(16)17/h1-4,6-9,24H,5,10-11H2. The first kappa shape index (κ1) is 15.2. The second-order valence-electron chi connectivity index (χ2n) is 5.97. The van der Waals surface area contributed by atoms with Crippen LogP contribution in [0.15, 0.2) is 53.5 Å². The van der Waals surface area contributed by atoms with Crippen molar-refractivity contribution in [2.24, 2.45) is 4.99 Å². The molecule has 1 N–H and O–H groups in total. The predicted molar refractivity (Wildman–Crippen MR) is 83.6 cm³/mol. The average molecular weight is 332 g/mol. The highest BCUT2D eigenvalue weighted by Gasteiger charge is 2.52. The molecule has 6 heteroatoms. The molecular weight excluding hydrogens is 317 g/mol. The van der Waals surface area contributed by atoms with Gasteiger partial charge in [-0.25, -0.2) is 0 Å². The molecule has 0 aromatic heterocycles. The lowest BCUT2D eigenvalue weighted by Gasteiger charge is -2.38. The van der Waals surface area contributed by atoms with Gasteiger partial charge in [0, 0.05) is 29.8 Å². The van der Waals surface area contributed by atoms with Crippen LogP contribution in [-0.2, 0) is 11.9 Å². The summed E-state index contributed by atoms with van der Waals surface area (Å²) in [6, 6.07) is 12.2. The van der Waals surface area contributed by atoms with E-state index in [0.29, 0.717) is 36.5 Å². The zero-order chi connectivity index (χ0) is 16.9. The highest BCUT2D eigenvalue weighted by molar-refractivity contribution is 6.04. The largest absolute Gasteiger partial charge is 0.416 e. The molecule has 0 bridgehead atoms. The van der Waals surface area contributed by atoms with Crippen LogP contribution in [0.5, 0.6) is 0 Å². The first-order chi connectivity index (χ1) is 11.4. The van der Waals surface area contributed by atoms with Gasteiger partial charge in [-0.05, 0) is 12.5 Å². The van der Waals surface area contributed by atoms with Crippen LogP contribution in [0.3, 0.4) is 0 Å². The molecule has 2 aliphatic rings. The second kappa shape index (κ2) is 5.08. The number of benzene rings is 2. The number of hydrogen-bond acceptors (Lipinski definition) is 3. The normalized spacial score (nSPS) is 22.8. The Hall–Kier alpha value is -2.34. The third-order valence-corrected chi connectivity index (χ3v) is 4.60. The molecule has 0 fully saturated rings. The molecule has 0 spiro atoms. The first-order valence-electron chi connectivity index (χ1n) is 7.75. The third-order valence-electron chi connectivity index (χ3n) is 4.60. The Bertz CT molecular complexity index is 831. The van der Waals surface area contributed by atoms with Crippen LogP contribution < -0.4 is 0 Å². The fourth-order valence-electron chi connectivity index (χ4n) is 3.60. The van der Waals surface area contributed by atoms with E-state index in [1.54, 1.807) is 29.2 Å². The van der Waals surface area contributed by atoms with E-state index < -0.39 is 17.5 Å². The minimum absolute atomic E-state index is 0.156. The van der Waals surface area contributed by atoms with Crippen molar-refractivity contribution < 1.29 is 18.3 Å². The average Bonchev–Trinajstić information content (AvgIpc) is 2.85. The van der Waals surface area contributed by atoms with Crippen LogP contribution in [0.2, 0.25) is 0 Å². The van der Waals surface area contributed by atoms with Crippen LogP contribution >= 0.6 is 0 Å². The van der Waals surface area contributed by atoms with Gasteiger partial charge in [0.15, 0.2) is 5.72 Å². The van der Waals surface area contributed by atoms with Gasteiger partial charge in [0.05, 0.1) is 5.56 Å². The quantitative estimate of drug-likeness (QED) is 0.869. The maximum atomic E-state index is 13.5. The van der Waals surface area contributed by atoms with Crippen molar-refractivity contribution in [3.05, 3.63) is 70.8 Å². The van der Waals surface area contributed by atoms with Crippen molar-refractivity contribution in [1.82, 2.24) is 4.90 Å². The lowest BCUT2D eigenvalue weighted by atomic mass is 9.90. The van der Waals surface area contributed by atoms with E-state index in [4.69, 9.17) is 0 Å². The van der Waals surface area contributed by atoms with Crippen LogP contribution in [-0.4, -0.2) is 28.9 Å².